The zero-order valence-electron chi connectivity index (χ0n) is 11.7. The second-order valence-corrected chi connectivity index (χ2v) is 6.05. The summed E-state index contributed by atoms with van der Waals surface area (Å²) in [6, 6.07) is 9.08. The summed E-state index contributed by atoms with van der Waals surface area (Å²) in [4.78, 5) is 12.1. The first kappa shape index (κ1) is 14.1. The molecule has 2 N–H and O–H groups in total. The topological polar surface area (TPSA) is 49.3 Å². The number of hydrogen-bond donors (Lipinski definition) is 2. The Morgan fingerprint density at radius 3 is 2.47 bits per heavy atom. The van der Waals surface area contributed by atoms with Crippen LogP contribution in [0.2, 0.25) is 0 Å². The van der Waals surface area contributed by atoms with E-state index in [4.69, 9.17) is 0 Å². The van der Waals surface area contributed by atoms with E-state index in [1.54, 1.807) is 12.1 Å². The van der Waals surface area contributed by atoms with E-state index in [9.17, 15) is 9.90 Å². The number of aliphatic hydroxyl groups is 1. The molecule has 3 nitrogen and oxygen atoms in total. The summed E-state index contributed by atoms with van der Waals surface area (Å²) in [6.07, 6.45) is 3.18. The van der Waals surface area contributed by atoms with Crippen molar-refractivity contribution in [2.45, 2.75) is 51.2 Å². The van der Waals surface area contributed by atoms with Gasteiger partial charge in [-0.05, 0) is 44.1 Å². The van der Waals surface area contributed by atoms with Crippen molar-refractivity contribution in [2.24, 2.45) is 5.92 Å². The van der Waals surface area contributed by atoms with Gasteiger partial charge in [-0.2, -0.15) is 0 Å². The second kappa shape index (κ2) is 5.74. The minimum Gasteiger partial charge on any atom is -0.378 e. The number of aliphatic hydroxyl groups excluding tert-OH is 1. The molecule has 0 radical (unpaired) electrons. The van der Waals surface area contributed by atoms with Crippen molar-refractivity contribution < 1.29 is 9.90 Å². The van der Waals surface area contributed by atoms with Gasteiger partial charge in [-0.15, -0.1) is 0 Å². The lowest BCUT2D eigenvalue weighted by Gasteiger charge is -2.37. The standard InChI is InChI=1S/C16H23NO2/c1-12-8-10-16(2,11-9-12)17-15(19)14(18)13-6-4-3-5-7-13/h3-7,12,14,18H,8-11H2,1-2H3,(H,17,19). The molecule has 0 aliphatic heterocycles. The van der Waals surface area contributed by atoms with Crippen LogP contribution in [0.15, 0.2) is 30.3 Å². The molecule has 0 aromatic heterocycles. The highest BCUT2D eigenvalue weighted by Gasteiger charge is 2.32. The average Bonchev–Trinajstić information content (AvgIpc) is 2.42. The first-order chi connectivity index (χ1) is 9.00. The van der Waals surface area contributed by atoms with E-state index in [0.29, 0.717) is 5.56 Å². The number of carbonyl (C=O) groups is 1. The Bertz CT molecular complexity index is 422. The summed E-state index contributed by atoms with van der Waals surface area (Å²) < 4.78 is 0. The van der Waals surface area contributed by atoms with Gasteiger partial charge in [0, 0.05) is 5.54 Å². The Morgan fingerprint density at radius 2 is 1.89 bits per heavy atom. The molecule has 1 fully saturated rings. The molecule has 1 amide bonds. The van der Waals surface area contributed by atoms with Gasteiger partial charge in [0.15, 0.2) is 6.10 Å². The van der Waals surface area contributed by atoms with Crippen LogP contribution in [-0.4, -0.2) is 16.6 Å². The normalized spacial score (nSPS) is 28.7. The zero-order chi connectivity index (χ0) is 13.9. The lowest BCUT2D eigenvalue weighted by Crippen LogP contribution is -2.49. The molecule has 1 aromatic rings. The van der Waals surface area contributed by atoms with E-state index < -0.39 is 6.10 Å². The lowest BCUT2D eigenvalue weighted by molar-refractivity contribution is -0.132. The third-order valence-corrected chi connectivity index (χ3v) is 4.17. The van der Waals surface area contributed by atoms with Crippen molar-refractivity contribution >= 4 is 5.91 Å². The van der Waals surface area contributed by atoms with Gasteiger partial charge in [-0.3, -0.25) is 4.79 Å². The quantitative estimate of drug-likeness (QED) is 0.879. The summed E-state index contributed by atoms with van der Waals surface area (Å²) in [7, 11) is 0. The lowest BCUT2D eigenvalue weighted by atomic mass is 9.78. The fraction of sp³-hybridized carbons (Fsp3) is 0.562. The van der Waals surface area contributed by atoms with Crippen molar-refractivity contribution in [1.29, 1.82) is 0 Å². The molecule has 1 unspecified atom stereocenters. The van der Waals surface area contributed by atoms with Gasteiger partial charge in [0.25, 0.3) is 5.91 Å². The van der Waals surface area contributed by atoms with Crippen LogP contribution < -0.4 is 5.32 Å². The average molecular weight is 261 g/mol. The second-order valence-electron chi connectivity index (χ2n) is 6.05. The molecule has 1 atom stereocenters. The van der Waals surface area contributed by atoms with Crippen LogP contribution in [0, 0.1) is 5.92 Å². The number of carbonyl (C=O) groups excluding carboxylic acids is 1. The van der Waals surface area contributed by atoms with Gasteiger partial charge in [-0.25, -0.2) is 0 Å². The van der Waals surface area contributed by atoms with Crippen LogP contribution >= 0.6 is 0 Å². The highest BCUT2D eigenvalue weighted by Crippen LogP contribution is 2.31. The molecule has 0 spiro atoms. The summed E-state index contributed by atoms with van der Waals surface area (Å²) in [5.74, 6) is 0.451. The van der Waals surface area contributed by atoms with Gasteiger partial charge in [0.1, 0.15) is 0 Å². The molecular formula is C16H23NO2. The predicted octanol–water partition coefficient (Wildman–Crippen LogP) is 2.81. The summed E-state index contributed by atoms with van der Waals surface area (Å²) in [6.45, 7) is 4.33. The molecule has 0 saturated heterocycles. The van der Waals surface area contributed by atoms with E-state index in [0.717, 1.165) is 31.6 Å². The minimum atomic E-state index is -1.07. The minimum absolute atomic E-state index is 0.167. The molecule has 19 heavy (non-hydrogen) atoms. The summed E-state index contributed by atoms with van der Waals surface area (Å²) in [5, 5.41) is 13.1. The maximum atomic E-state index is 12.1. The van der Waals surface area contributed by atoms with Crippen molar-refractivity contribution in [1.82, 2.24) is 5.32 Å². The number of nitrogens with one attached hydrogen (secondary N) is 1. The Kier molecular flexibility index (Phi) is 4.25. The monoisotopic (exact) mass is 261 g/mol. The van der Waals surface area contributed by atoms with E-state index in [1.807, 2.05) is 18.2 Å². The zero-order valence-corrected chi connectivity index (χ0v) is 11.7. The summed E-state index contributed by atoms with van der Waals surface area (Å²) >= 11 is 0. The van der Waals surface area contributed by atoms with E-state index in [2.05, 4.69) is 19.2 Å². The van der Waals surface area contributed by atoms with Crippen molar-refractivity contribution in [3.8, 4) is 0 Å². The van der Waals surface area contributed by atoms with Gasteiger partial charge >= 0.3 is 0 Å². The molecule has 1 saturated carbocycles. The molecule has 3 heteroatoms. The predicted molar refractivity (Wildman–Crippen MR) is 75.6 cm³/mol. The third-order valence-electron chi connectivity index (χ3n) is 4.17. The first-order valence-electron chi connectivity index (χ1n) is 7.05. The van der Waals surface area contributed by atoms with Gasteiger partial charge in [0.05, 0.1) is 0 Å². The van der Waals surface area contributed by atoms with Gasteiger partial charge in [-0.1, -0.05) is 37.3 Å². The fourth-order valence-corrected chi connectivity index (χ4v) is 2.68. The first-order valence-corrected chi connectivity index (χ1v) is 7.05. The van der Waals surface area contributed by atoms with Gasteiger partial charge in [0.2, 0.25) is 0 Å². The SMILES string of the molecule is CC1CCC(C)(NC(=O)C(O)c2ccccc2)CC1. The number of hydrogen-bond acceptors (Lipinski definition) is 2. The molecule has 2 rings (SSSR count). The molecule has 1 aromatic carbocycles. The molecule has 0 bridgehead atoms. The van der Waals surface area contributed by atoms with E-state index in [-0.39, 0.29) is 11.4 Å². The maximum Gasteiger partial charge on any atom is 0.253 e. The highest BCUT2D eigenvalue weighted by atomic mass is 16.3. The Labute approximate surface area is 115 Å². The van der Waals surface area contributed by atoms with Crippen LogP contribution in [0.1, 0.15) is 51.2 Å². The molecular weight excluding hydrogens is 238 g/mol. The highest BCUT2D eigenvalue weighted by molar-refractivity contribution is 5.82. The van der Waals surface area contributed by atoms with Crippen LogP contribution in [0.3, 0.4) is 0 Å². The molecule has 1 aliphatic rings. The number of benzene rings is 1. The molecule has 1 aliphatic carbocycles. The Morgan fingerprint density at radius 1 is 1.32 bits per heavy atom. The largest absolute Gasteiger partial charge is 0.378 e. The Balaban J connectivity index is 1.97. The van der Waals surface area contributed by atoms with E-state index in [1.165, 1.54) is 0 Å². The van der Waals surface area contributed by atoms with Crippen LogP contribution in [0.4, 0.5) is 0 Å². The third kappa shape index (κ3) is 3.57. The smallest absolute Gasteiger partial charge is 0.253 e. The van der Waals surface area contributed by atoms with Crippen LogP contribution in [0.5, 0.6) is 0 Å². The van der Waals surface area contributed by atoms with E-state index >= 15 is 0 Å². The Hall–Kier alpha value is -1.35. The molecule has 0 heterocycles. The number of amides is 1. The van der Waals surface area contributed by atoms with Crippen LogP contribution in [-0.2, 0) is 4.79 Å². The number of rotatable bonds is 3. The van der Waals surface area contributed by atoms with Crippen molar-refractivity contribution in [3.05, 3.63) is 35.9 Å². The van der Waals surface area contributed by atoms with Gasteiger partial charge < -0.3 is 10.4 Å². The maximum absolute atomic E-state index is 12.1. The van der Waals surface area contributed by atoms with Crippen molar-refractivity contribution in [3.63, 3.8) is 0 Å². The van der Waals surface area contributed by atoms with Crippen molar-refractivity contribution in [2.75, 3.05) is 0 Å². The fourth-order valence-electron chi connectivity index (χ4n) is 2.68. The van der Waals surface area contributed by atoms with Crippen LogP contribution in [0.25, 0.3) is 0 Å². The molecule has 104 valence electrons. The summed E-state index contributed by atoms with van der Waals surface area (Å²) in [5.41, 5.74) is 0.479.